The summed E-state index contributed by atoms with van der Waals surface area (Å²) in [6.45, 7) is 0. The Hall–Kier alpha value is -3.56. The van der Waals surface area contributed by atoms with Gasteiger partial charge in [-0.3, -0.25) is 10.1 Å². The van der Waals surface area contributed by atoms with Gasteiger partial charge in [-0.05, 0) is 42.5 Å². The number of aromatic nitrogens is 2. The number of hydrogen-bond acceptors (Lipinski definition) is 7. The number of rotatable bonds is 4. The number of furan rings is 1. The fourth-order valence-corrected chi connectivity index (χ4v) is 4.89. The van der Waals surface area contributed by atoms with Crippen LogP contribution in [0.25, 0.3) is 32.6 Å². The standard InChI is InChI=1S/C22H15N3O4S2/c1-31(27,28)13-8-9-17-20(11-13)30-22(24-17)25-21(26)15-12-18(19-7-4-10-29-19)23-16-6-3-2-5-14(15)16/h2-12H,1H3,(H,24,25,26). The van der Waals surface area contributed by atoms with E-state index in [1.54, 1.807) is 36.6 Å². The molecule has 9 heteroatoms. The lowest BCUT2D eigenvalue weighted by atomic mass is 10.1. The zero-order valence-corrected chi connectivity index (χ0v) is 17.8. The van der Waals surface area contributed by atoms with Gasteiger partial charge in [-0.15, -0.1) is 0 Å². The molecule has 154 valence electrons. The molecule has 3 heterocycles. The van der Waals surface area contributed by atoms with Crippen molar-refractivity contribution in [3.05, 3.63) is 72.5 Å². The third kappa shape index (κ3) is 3.69. The van der Waals surface area contributed by atoms with Crippen LogP contribution in [0.15, 0.2) is 76.2 Å². The first-order valence-electron chi connectivity index (χ1n) is 9.24. The molecule has 7 nitrogen and oxygen atoms in total. The van der Waals surface area contributed by atoms with Crippen molar-refractivity contribution < 1.29 is 17.6 Å². The van der Waals surface area contributed by atoms with Gasteiger partial charge in [0.1, 0.15) is 5.69 Å². The molecule has 0 aliphatic carbocycles. The van der Waals surface area contributed by atoms with E-state index >= 15 is 0 Å². The summed E-state index contributed by atoms with van der Waals surface area (Å²) in [7, 11) is -3.33. The Morgan fingerprint density at radius 2 is 1.84 bits per heavy atom. The Balaban J connectivity index is 1.54. The van der Waals surface area contributed by atoms with Crippen LogP contribution in [0.2, 0.25) is 0 Å². The van der Waals surface area contributed by atoms with Gasteiger partial charge in [-0.25, -0.2) is 18.4 Å². The number of carbonyl (C=O) groups is 1. The summed E-state index contributed by atoms with van der Waals surface area (Å²) in [4.78, 5) is 22.4. The molecule has 0 bridgehead atoms. The van der Waals surface area contributed by atoms with E-state index in [0.29, 0.717) is 43.3 Å². The molecule has 0 radical (unpaired) electrons. The Bertz CT molecular complexity index is 1550. The molecule has 2 aromatic carbocycles. The molecule has 0 atom stereocenters. The molecular weight excluding hydrogens is 434 g/mol. The maximum absolute atomic E-state index is 13.2. The van der Waals surface area contributed by atoms with Crippen LogP contribution in [0.5, 0.6) is 0 Å². The number of thiazole rings is 1. The van der Waals surface area contributed by atoms with E-state index in [2.05, 4.69) is 15.3 Å². The van der Waals surface area contributed by atoms with Gasteiger partial charge in [0.05, 0.1) is 32.5 Å². The molecule has 1 N–H and O–H groups in total. The van der Waals surface area contributed by atoms with Crippen molar-refractivity contribution >= 4 is 53.3 Å². The van der Waals surface area contributed by atoms with Gasteiger partial charge in [0.25, 0.3) is 5.91 Å². The topological polar surface area (TPSA) is 102 Å². The van der Waals surface area contributed by atoms with E-state index in [1.807, 2.05) is 24.3 Å². The molecule has 0 saturated carbocycles. The molecule has 31 heavy (non-hydrogen) atoms. The van der Waals surface area contributed by atoms with Crippen LogP contribution in [0, 0.1) is 0 Å². The van der Waals surface area contributed by atoms with Gasteiger partial charge in [0, 0.05) is 11.6 Å². The van der Waals surface area contributed by atoms with Crippen LogP contribution < -0.4 is 5.32 Å². The molecule has 0 spiro atoms. The van der Waals surface area contributed by atoms with Crippen molar-refractivity contribution in [2.45, 2.75) is 4.90 Å². The highest BCUT2D eigenvalue weighted by atomic mass is 32.2. The number of nitrogens with one attached hydrogen (secondary N) is 1. The van der Waals surface area contributed by atoms with Crippen molar-refractivity contribution in [3.63, 3.8) is 0 Å². The number of benzene rings is 2. The van der Waals surface area contributed by atoms with Gasteiger partial charge in [0.15, 0.2) is 20.7 Å². The quantitative estimate of drug-likeness (QED) is 0.424. The third-order valence-corrected chi connectivity index (χ3v) is 6.79. The molecule has 0 aliphatic heterocycles. The number of sulfone groups is 1. The predicted molar refractivity (Wildman–Crippen MR) is 120 cm³/mol. The first kappa shape index (κ1) is 19.4. The second-order valence-electron chi connectivity index (χ2n) is 6.92. The monoisotopic (exact) mass is 449 g/mol. The zero-order valence-electron chi connectivity index (χ0n) is 16.2. The average Bonchev–Trinajstić information content (AvgIpc) is 3.41. The molecule has 3 aromatic heterocycles. The van der Waals surface area contributed by atoms with Gasteiger partial charge in [0.2, 0.25) is 0 Å². The van der Waals surface area contributed by atoms with Crippen LogP contribution >= 0.6 is 11.3 Å². The number of hydrogen-bond donors (Lipinski definition) is 1. The molecule has 0 fully saturated rings. The summed E-state index contributed by atoms with van der Waals surface area (Å²) in [5.41, 5.74) is 2.27. The predicted octanol–water partition coefficient (Wildman–Crippen LogP) is 4.76. The van der Waals surface area contributed by atoms with E-state index in [0.717, 1.165) is 6.26 Å². The van der Waals surface area contributed by atoms with E-state index in [-0.39, 0.29) is 10.8 Å². The number of para-hydroxylation sites is 1. The van der Waals surface area contributed by atoms with Crippen LogP contribution in [0.3, 0.4) is 0 Å². The number of fused-ring (bicyclic) bond motifs is 2. The second kappa shape index (κ2) is 7.29. The first-order chi connectivity index (χ1) is 14.9. The van der Waals surface area contributed by atoms with Crippen molar-refractivity contribution in [2.75, 3.05) is 11.6 Å². The fraction of sp³-hybridized carbons (Fsp3) is 0.0455. The highest BCUT2D eigenvalue weighted by Crippen LogP contribution is 2.30. The minimum atomic E-state index is -3.33. The second-order valence-corrected chi connectivity index (χ2v) is 9.97. The Kier molecular flexibility index (Phi) is 4.57. The molecule has 0 aliphatic rings. The largest absolute Gasteiger partial charge is 0.463 e. The summed E-state index contributed by atoms with van der Waals surface area (Å²) in [5.74, 6) is 0.224. The number of amides is 1. The van der Waals surface area contributed by atoms with E-state index in [9.17, 15) is 13.2 Å². The Morgan fingerprint density at radius 3 is 2.61 bits per heavy atom. The van der Waals surface area contributed by atoms with E-state index in [1.165, 1.54) is 17.4 Å². The van der Waals surface area contributed by atoms with Crippen LogP contribution in [-0.2, 0) is 9.84 Å². The van der Waals surface area contributed by atoms with Crippen molar-refractivity contribution in [1.29, 1.82) is 0 Å². The first-order valence-corrected chi connectivity index (χ1v) is 11.9. The molecule has 1 amide bonds. The molecule has 0 saturated heterocycles. The smallest absolute Gasteiger partial charge is 0.258 e. The summed E-state index contributed by atoms with van der Waals surface area (Å²) in [6, 6.07) is 17.3. The zero-order chi connectivity index (χ0) is 21.6. The van der Waals surface area contributed by atoms with Gasteiger partial charge in [-0.1, -0.05) is 29.5 Å². The lowest BCUT2D eigenvalue weighted by Crippen LogP contribution is -2.12. The summed E-state index contributed by atoms with van der Waals surface area (Å²) < 4.78 is 29.7. The lowest BCUT2D eigenvalue weighted by molar-refractivity contribution is 0.102. The minimum absolute atomic E-state index is 0.213. The highest BCUT2D eigenvalue weighted by Gasteiger charge is 2.17. The molecular formula is C22H15N3O4S2. The van der Waals surface area contributed by atoms with Crippen LogP contribution in [0.4, 0.5) is 5.13 Å². The summed E-state index contributed by atoms with van der Waals surface area (Å²) in [5, 5.41) is 3.92. The van der Waals surface area contributed by atoms with Gasteiger partial charge < -0.3 is 4.42 Å². The van der Waals surface area contributed by atoms with E-state index in [4.69, 9.17) is 4.42 Å². The van der Waals surface area contributed by atoms with Crippen LogP contribution in [0.1, 0.15) is 10.4 Å². The molecule has 5 rings (SSSR count). The lowest BCUT2D eigenvalue weighted by Gasteiger charge is -2.08. The number of pyridine rings is 1. The minimum Gasteiger partial charge on any atom is -0.463 e. The molecule has 0 unspecified atom stereocenters. The van der Waals surface area contributed by atoms with Crippen molar-refractivity contribution in [1.82, 2.24) is 9.97 Å². The Labute approximate surface area is 181 Å². The van der Waals surface area contributed by atoms with E-state index < -0.39 is 9.84 Å². The van der Waals surface area contributed by atoms with Crippen molar-refractivity contribution in [2.24, 2.45) is 0 Å². The average molecular weight is 450 g/mol. The molecule has 5 aromatic rings. The number of nitrogens with zero attached hydrogens (tertiary/aromatic N) is 2. The maximum atomic E-state index is 13.2. The Morgan fingerprint density at radius 1 is 1.00 bits per heavy atom. The number of carbonyl (C=O) groups excluding carboxylic acids is 1. The normalized spacial score (nSPS) is 11.8. The van der Waals surface area contributed by atoms with Crippen LogP contribution in [-0.4, -0.2) is 30.5 Å². The SMILES string of the molecule is CS(=O)(=O)c1ccc2nc(NC(=O)c3cc(-c4ccco4)nc4ccccc34)sc2c1. The fourth-order valence-electron chi connectivity index (χ4n) is 3.27. The van der Waals surface area contributed by atoms with Crippen molar-refractivity contribution in [3.8, 4) is 11.5 Å². The number of anilines is 1. The van der Waals surface area contributed by atoms with Gasteiger partial charge in [-0.2, -0.15) is 0 Å². The maximum Gasteiger partial charge on any atom is 0.258 e. The summed E-state index contributed by atoms with van der Waals surface area (Å²) >= 11 is 1.22. The third-order valence-electron chi connectivity index (χ3n) is 4.74. The summed E-state index contributed by atoms with van der Waals surface area (Å²) in [6.07, 6.45) is 2.71. The van der Waals surface area contributed by atoms with Gasteiger partial charge >= 0.3 is 0 Å². The highest BCUT2D eigenvalue weighted by molar-refractivity contribution is 7.90.